The molecule has 30 heavy (non-hydrogen) atoms. The highest BCUT2D eigenvalue weighted by atomic mass is 32.2. The second-order valence-corrected chi connectivity index (χ2v) is 9.55. The van der Waals surface area contributed by atoms with E-state index in [0.29, 0.717) is 24.3 Å². The first-order valence-electron chi connectivity index (χ1n) is 9.92. The SMILES string of the molecule is Cc1ccc(C)c(C(=O)CCC(=O)N2CCN(S(=O)(=O)c3c(C)noc3C)CC2)c1. The van der Waals surface area contributed by atoms with Gasteiger partial charge in [-0.2, -0.15) is 4.31 Å². The minimum Gasteiger partial charge on any atom is -0.360 e. The number of hydrogen-bond acceptors (Lipinski definition) is 6. The van der Waals surface area contributed by atoms with Crippen molar-refractivity contribution in [2.75, 3.05) is 26.2 Å². The Morgan fingerprint density at radius 2 is 1.70 bits per heavy atom. The molecule has 1 aliphatic heterocycles. The summed E-state index contributed by atoms with van der Waals surface area (Å²) >= 11 is 0. The monoisotopic (exact) mass is 433 g/mol. The summed E-state index contributed by atoms with van der Waals surface area (Å²) in [6, 6.07) is 5.71. The first-order valence-corrected chi connectivity index (χ1v) is 11.4. The van der Waals surface area contributed by atoms with E-state index >= 15 is 0 Å². The van der Waals surface area contributed by atoms with Gasteiger partial charge >= 0.3 is 0 Å². The third-order valence-corrected chi connectivity index (χ3v) is 7.56. The summed E-state index contributed by atoms with van der Waals surface area (Å²) in [6.07, 6.45) is 0.254. The van der Waals surface area contributed by atoms with Crippen LogP contribution in [0.4, 0.5) is 0 Å². The summed E-state index contributed by atoms with van der Waals surface area (Å²) in [7, 11) is -3.71. The summed E-state index contributed by atoms with van der Waals surface area (Å²) in [5.41, 5.74) is 2.89. The summed E-state index contributed by atoms with van der Waals surface area (Å²) < 4.78 is 32.1. The van der Waals surface area contributed by atoms with Gasteiger partial charge in [0.25, 0.3) is 0 Å². The molecule has 0 aliphatic carbocycles. The molecule has 0 N–H and O–H groups in total. The fourth-order valence-corrected chi connectivity index (χ4v) is 5.41. The van der Waals surface area contributed by atoms with Crippen LogP contribution in [0, 0.1) is 27.7 Å². The van der Waals surface area contributed by atoms with Crippen LogP contribution in [0.1, 0.15) is 45.8 Å². The van der Waals surface area contributed by atoms with Gasteiger partial charge in [0, 0.05) is 44.6 Å². The minimum absolute atomic E-state index is 0.0517. The van der Waals surface area contributed by atoms with E-state index in [-0.39, 0.29) is 48.3 Å². The Morgan fingerprint density at radius 3 is 2.30 bits per heavy atom. The smallest absolute Gasteiger partial charge is 0.248 e. The number of piperazine rings is 1. The van der Waals surface area contributed by atoms with Crippen LogP contribution in [0.2, 0.25) is 0 Å². The van der Waals surface area contributed by atoms with Gasteiger partial charge in [-0.05, 0) is 39.3 Å². The van der Waals surface area contributed by atoms with E-state index < -0.39 is 10.0 Å². The van der Waals surface area contributed by atoms with Crippen molar-refractivity contribution in [2.45, 2.75) is 45.4 Å². The molecule has 162 valence electrons. The highest BCUT2D eigenvalue weighted by Crippen LogP contribution is 2.24. The molecule has 0 bridgehead atoms. The lowest BCUT2D eigenvalue weighted by atomic mass is 9.99. The van der Waals surface area contributed by atoms with Crippen LogP contribution in [0.25, 0.3) is 0 Å². The van der Waals surface area contributed by atoms with Crippen molar-refractivity contribution in [3.63, 3.8) is 0 Å². The molecule has 0 unspecified atom stereocenters. The molecule has 1 saturated heterocycles. The van der Waals surface area contributed by atoms with Crippen LogP contribution >= 0.6 is 0 Å². The Bertz CT molecular complexity index is 1050. The predicted octanol–water partition coefficient (Wildman–Crippen LogP) is 2.40. The number of rotatable bonds is 6. The fourth-order valence-electron chi connectivity index (χ4n) is 3.70. The van der Waals surface area contributed by atoms with Crippen LogP contribution in [-0.4, -0.2) is 60.6 Å². The zero-order chi connectivity index (χ0) is 22.1. The topological polar surface area (TPSA) is 101 Å². The van der Waals surface area contributed by atoms with Crippen molar-refractivity contribution >= 4 is 21.7 Å². The van der Waals surface area contributed by atoms with Gasteiger partial charge in [-0.15, -0.1) is 0 Å². The molecule has 0 radical (unpaired) electrons. The quantitative estimate of drug-likeness (QED) is 0.649. The lowest BCUT2D eigenvalue weighted by molar-refractivity contribution is -0.132. The summed E-state index contributed by atoms with van der Waals surface area (Å²) in [5, 5.41) is 3.72. The van der Waals surface area contributed by atoms with Gasteiger partial charge < -0.3 is 9.42 Å². The van der Waals surface area contributed by atoms with Gasteiger partial charge in [0.2, 0.25) is 15.9 Å². The molecule has 0 saturated carbocycles. The first-order chi connectivity index (χ1) is 14.1. The lowest BCUT2D eigenvalue weighted by Crippen LogP contribution is -2.50. The fraction of sp³-hybridized carbons (Fsp3) is 0.476. The third kappa shape index (κ3) is 4.46. The van der Waals surface area contributed by atoms with Crippen molar-refractivity contribution in [3.05, 3.63) is 46.3 Å². The molecule has 1 aliphatic rings. The number of ketones is 1. The molecule has 0 atom stereocenters. The molecule has 1 fully saturated rings. The number of sulfonamides is 1. The largest absolute Gasteiger partial charge is 0.360 e. The Balaban J connectivity index is 1.57. The molecule has 1 amide bonds. The van der Waals surface area contributed by atoms with Crippen molar-refractivity contribution in [1.29, 1.82) is 0 Å². The van der Waals surface area contributed by atoms with E-state index in [1.165, 1.54) is 4.31 Å². The number of carbonyl (C=O) groups is 2. The third-order valence-electron chi connectivity index (χ3n) is 5.42. The summed E-state index contributed by atoms with van der Waals surface area (Å²) in [6.45, 7) is 7.95. The average Bonchev–Trinajstić information content (AvgIpc) is 3.06. The molecule has 2 heterocycles. The molecule has 9 heteroatoms. The molecular weight excluding hydrogens is 406 g/mol. The maximum absolute atomic E-state index is 12.9. The van der Waals surface area contributed by atoms with Gasteiger partial charge in [-0.25, -0.2) is 8.42 Å². The van der Waals surface area contributed by atoms with Crippen LogP contribution in [0.3, 0.4) is 0 Å². The average molecular weight is 434 g/mol. The second kappa shape index (κ2) is 8.69. The zero-order valence-corrected chi connectivity index (χ0v) is 18.6. The summed E-state index contributed by atoms with van der Waals surface area (Å²) in [4.78, 5) is 26.8. The first kappa shape index (κ1) is 22.2. The molecule has 1 aromatic heterocycles. The molecule has 2 aromatic rings. The van der Waals surface area contributed by atoms with Crippen LogP contribution in [0.5, 0.6) is 0 Å². The maximum atomic E-state index is 12.9. The number of hydrogen-bond donors (Lipinski definition) is 0. The minimum atomic E-state index is -3.71. The van der Waals surface area contributed by atoms with Gasteiger partial charge in [0.15, 0.2) is 11.5 Å². The number of Topliss-reactive ketones (excluding diaryl/α,β-unsaturated/α-hetero) is 1. The lowest BCUT2D eigenvalue weighted by Gasteiger charge is -2.34. The second-order valence-electron chi connectivity index (χ2n) is 7.68. The Kier molecular flexibility index (Phi) is 6.42. The van der Waals surface area contributed by atoms with Crippen molar-refractivity contribution in [1.82, 2.24) is 14.4 Å². The number of amides is 1. The zero-order valence-electron chi connectivity index (χ0n) is 17.8. The van der Waals surface area contributed by atoms with E-state index in [2.05, 4.69) is 5.16 Å². The van der Waals surface area contributed by atoms with E-state index in [9.17, 15) is 18.0 Å². The standard InChI is InChI=1S/C21H27N3O5S/c1-14-5-6-15(2)18(13-14)19(25)7-8-20(26)23-9-11-24(12-10-23)30(27,28)21-16(3)22-29-17(21)4/h5-6,13H,7-12H2,1-4H3. The molecule has 1 aromatic carbocycles. The van der Waals surface area contributed by atoms with Crippen molar-refractivity contribution < 1.29 is 22.5 Å². The van der Waals surface area contributed by atoms with E-state index in [4.69, 9.17) is 4.52 Å². The highest BCUT2D eigenvalue weighted by molar-refractivity contribution is 7.89. The Labute approximate surface area is 176 Å². The van der Waals surface area contributed by atoms with Gasteiger partial charge in [0.05, 0.1) is 0 Å². The molecular formula is C21H27N3O5S. The molecule has 3 rings (SSSR count). The predicted molar refractivity (Wildman–Crippen MR) is 111 cm³/mol. The van der Waals surface area contributed by atoms with E-state index in [0.717, 1.165) is 11.1 Å². The molecule has 0 spiro atoms. The van der Waals surface area contributed by atoms with Crippen LogP contribution in [0.15, 0.2) is 27.6 Å². The normalized spacial score (nSPS) is 15.4. The maximum Gasteiger partial charge on any atom is 0.248 e. The Hall–Kier alpha value is -2.52. The Morgan fingerprint density at radius 1 is 1.03 bits per heavy atom. The van der Waals surface area contributed by atoms with Crippen molar-refractivity contribution in [3.8, 4) is 0 Å². The number of benzene rings is 1. The van der Waals surface area contributed by atoms with Gasteiger partial charge in [0.1, 0.15) is 10.6 Å². The summed E-state index contributed by atoms with van der Waals surface area (Å²) in [5.74, 6) is 0.0724. The molecule has 8 nitrogen and oxygen atoms in total. The van der Waals surface area contributed by atoms with Crippen molar-refractivity contribution in [2.24, 2.45) is 0 Å². The van der Waals surface area contributed by atoms with E-state index in [1.54, 1.807) is 18.7 Å². The van der Waals surface area contributed by atoms with Gasteiger partial charge in [-0.1, -0.05) is 22.9 Å². The van der Waals surface area contributed by atoms with Crippen LogP contribution in [-0.2, 0) is 14.8 Å². The highest BCUT2D eigenvalue weighted by Gasteiger charge is 2.34. The van der Waals surface area contributed by atoms with E-state index in [1.807, 2.05) is 32.0 Å². The number of aromatic nitrogens is 1. The number of nitrogens with zero attached hydrogens (tertiary/aromatic N) is 3. The number of carbonyl (C=O) groups excluding carboxylic acids is 2. The number of aryl methyl sites for hydroxylation is 4. The van der Waals surface area contributed by atoms with Crippen LogP contribution < -0.4 is 0 Å². The van der Waals surface area contributed by atoms with Gasteiger partial charge in [-0.3, -0.25) is 9.59 Å².